The van der Waals surface area contributed by atoms with Crippen molar-refractivity contribution in [2.75, 3.05) is 6.54 Å². The number of allylic oxidation sites excluding steroid dienone is 4. The standard InChI is InChI=1S/C16H18N2O.ClH/c19-16(15-11-5-2-6-12-17-15)18-13-7-10-14-8-3-1-4-9-14;/h1-6,8-9,11-12,17H,7,10,13H2,(H,18,19);1H. The molecule has 2 N–H and O–H groups in total. The van der Waals surface area contributed by atoms with Gasteiger partial charge in [-0.25, -0.2) is 0 Å². The highest BCUT2D eigenvalue weighted by Gasteiger charge is 2.06. The third-order valence-electron chi connectivity index (χ3n) is 2.84. The van der Waals surface area contributed by atoms with E-state index in [9.17, 15) is 4.79 Å². The molecule has 1 aromatic carbocycles. The molecule has 3 nitrogen and oxygen atoms in total. The fourth-order valence-electron chi connectivity index (χ4n) is 1.83. The Bertz CT molecular complexity index is 506. The summed E-state index contributed by atoms with van der Waals surface area (Å²) in [6.45, 7) is 0.681. The van der Waals surface area contributed by atoms with Crippen molar-refractivity contribution in [2.24, 2.45) is 0 Å². The van der Waals surface area contributed by atoms with E-state index in [1.165, 1.54) is 5.56 Å². The molecule has 106 valence electrons. The average Bonchev–Trinajstić information content (AvgIpc) is 2.73. The summed E-state index contributed by atoms with van der Waals surface area (Å²) in [5.41, 5.74) is 1.87. The zero-order valence-electron chi connectivity index (χ0n) is 11.2. The van der Waals surface area contributed by atoms with Gasteiger partial charge in [0.1, 0.15) is 5.70 Å². The van der Waals surface area contributed by atoms with Crippen molar-refractivity contribution < 1.29 is 4.79 Å². The van der Waals surface area contributed by atoms with Crippen molar-refractivity contribution in [3.05, 3.63) is 72.1 Å². The molecular formula is C16H19ClN2O. The summed E-state index contributed by atoms with van der Waals surface area (Å²) in [6.07, 6.45) is 11.0. The first-order valence-electron chi connectivity index (χ1n) is 6.48. The molecule has 0 saturated carbocycles. The molecule has 0 unspecified atom stereocenters. The maximum Gasteiger partial charge on any atom is 0.267 e. The van der Waals surface area contributed by atoms with Crippen molar-refractivity contribution in [3.8, 4) is 0 Å². The highest BCUT2D eigenvalue weighted by atomic mass is 35.5. The first-order valence-corrected chi connectivity index (χ1v) is 6.48. The lowest BCUT2D eigenvalue weighted by molar-refractivity contribution is -0.117. The third-order valence-corrected chi connectivity index (χ3v) is 2.84. The SMILES string of the molecule is Cl.O=C(NCCCc1ccccc1)C1=CC=CC=CN1. The Kier molecular flexibility index (Phi) is 7.22. The molecule has 20 heavy (non-hydrogen) atoms. The smallest absolute Gasteiger partial charge is 0.267 e. The number of amides is 1. The van der Waals surface area contributed by atoms with E-state index in [0.29, 0.717) is 12.2 Å². The van der Waals surface area contributed by atoms with Gasteiger partial charge >= 0.3 is 0 Å². The molecule has 0 atom stereocenters. The maximum absolute atomic E-state index is 11.9. The quantitative estimate of drug-likeness (QED) is 0.819. The van der Waals surface area contributed by atoms with Gasteiger partial charge in [0.2, 0.25) is 0 Å². The summed E-state index contributed by atoms with van der Waals surface area (Å²) in [6, 6.07) is 10.3. The Morgan fingerprint density at radius 3 is 2.70 bits per heavy atom. The van der Waals surface area contributed by atoms with E-state index in [-0.39, 0.29) is 18.3 Å². The molecule has 0 aliphatic carbocycles. The van der Waals surface area contributed by atoms with E-state index in [0.717, 1.165) is 12.8 Å². The van der Waals surface area contributed by atoms with Gasteiger partial charge in [0, 0.05) is 12.7 Å². The monoisotopic (exact) mass is 290 g/mol. The molecule has 1 aliphatic heterocycles. The molecule has 0 radical (unpaired) electrons. The molecule has 0 aromatic heterocycles. The van der Waals surface area contributed by atoms with Gasteiger partial charge in [-0.1, -0.05) is 42.5 Å². The number of benzene rings is 1. The highest BCUT2D eigenvalue weighted by Crippen LogP contribution is 2.02. The fourth-order valence-corrected chi connectivity index (χ4v) is 1.83. The summed E-state index contributed by atoms with van der Waals surface area (Å²) in [7, 11) is 0. The van der Waals surface area contributed by atoms with E-state index in [2.05, 4.69) is 22.8 Å². The number of aryl methyl sites for hydroxylation is 1. The Morgan fingerprint density at radius 2 is 1.90 bits per heavy atom. The van der Waals surface area contributed by atoms with Crippen LogP contribution in [0.15, 0.2) is 66.5 Å². The number of hydrogen-bond donors (Lipinski definition) is 2. The van der Waals surface area contributed by atoms with E-state index in [1.54, 1.807) is 12.3 Å². The summed E-state index contributed by atoms with van der Waals surface area (Å²) in [4.78, 5) is 11.9. The van der Waals surface area contributed by atoms with Crippen LogP contribution in [0.1, 0.15) is 12.0 Å². The predicted molar refractivity (Wildman–Crippen MR) is 84.5 cm³/mol. The van der Waals surface area contributed by atoms with Crippen molar-refractivity contribution in [1.29, 1.82) is 0 Å². The molecule has 2 rings (SSSR count). The van der Waals surface area contributed by atoms with Crippen LogP contribution in [0.2, 0.25) is 0 Å². The van der Waals surface area contributed by atoms with Crippen LogP contribution in [0.4, 0.5) is 0 Å². The number of carbonyl (C=O) groups excluding carboxylic acids is 1. The minimum absolute atomic E-state index is 0. The van der Waals surface area contributed by atoms with Crippen LogP contribution in [0.25, 0.3) is 0 Å². The number of carbonyl (C=O) groups is 1. The van der Waals surface area contributed by atoms with Crippen LogP contribution in [-0.4, -0.2) is 12.5 Å². The summed E-state index contributed by atoms with van der Waals surface area (Å²) < 4.78 is 0. The Morgan fingerprint density at radius 1 is 1.10 bits per heavy atom. The molecule has 0 fully saturated rings. The highest BCUT2D eigenvalue weighted by molar-refractivity contribution is 5.93. The molecule has 1 aliphatic rings. The van der Waals surface area contributed by atoms with Gasteiger partial charge in [0.25, 0.3) is 5.91 Å². The minimum Gasteiger partial charge on any atom is -0.357 e. The first kappa shape index (κ1) is 16.1. The van der Waals surface area contributed by atoms with E-state index in [1.807, 2.05) is 36.4 Å². The minimum atomic E-state index is -0.0655. The van der Waals surface area contributed by atoms with E-state index >= 15 is 0 Å². The van der Waals surface area contributed by atoms with Crippen LogP contribution in [0.5, 0.6) is 0 Å². The summed E-state index contributed by atoms with van der Waals surface area (Å²) in [5.74, 6) is -0.0655. The topological polar surface area (TPSA) is 41.1 Å². The van der Waals surface area contributed by atoms with Gasteiger partial charge in [0.15, 0.2) is 0 Å². The molecule has 1 aromatic rings. The molecule has 4 heteroatoms. The van der Waals surface area contributed by atoms with Gasteiger partial charge in [-0.3, -0.25) is 4.79 Å². The van der Waals surface area contributed by atoms with Crippen molar-refractivity contribution in [2.45, 2.75) is 12.8 Å². The van der Waals surface area contributed by atoms with Gasteiger partial charge in [-0.2, -0.15) is 0 Å². The average molecular weight is 291 g/mol. The Balaban J connectivity index is 0.00000200. The first-order chi connectivity index (χ1) is 9.36. The number of nitrogens with one attached hydrogen (secondary N) is 2. The zero-order valence-corrected chi connectivity index (χ0v) is 12.0. The van der Waals surface area contributed by atoms with Gasteiger partial charge in [-0.05, 0) is 30.6 Å². The Labute approximate surface area is 125 Å². The number of halogens is 1. The van der Waals surface area contributed by atoms with Crippen molar-refractivity contribution >= 4 is 18.3 Å². The van der Waals surface area contributed by atoms with Gasteiger partial charge < -0.3 is 10.6 Å². The van der Waals surface area contributed by atoms with Gasteiger partial charge in [-0.15, -0.1) is 12.4 Å². The summed E-state index contributed by atoms with van der Waals surface area (Å²) >= 11 is 0. The van der Waals surface area contributed by atoms with Crippen LogP contribution < -0.4 is 10.6 Å². The van der Waals surface area contributed by atoms with Crippen LogP contribution in [0, 0.1) is 0 Å². The molecule has 0 saturated heterocycles. The normalized spacial score (nSPS) is 12.7. The van der Waals surface area contributed by atoms with Crippen LogP contribution in [0.3, 0.4) is 0 Å². The molecule has 1 amide bonds. The lowest BCUT2D eigenvalue weighted by atomic mass is 10.1. The second-order valence-corrected chi connectivity index (χ2v) is 4.31. The van der Waals surface area contributed by atoms with Crippen LogP contribution in [-0.2, 0) is 11.2 Å². The van der Waals surface area contributed by atoms with Crippen LogP contribution >= 0.6 is 12.4 Å². The van der Waals surface area contributed by atoms with E-state index in [4.69, 9.17) is 0 Å². The van der Waals surface area contributed by atoms with Crippen molar-refractivity contribution in [1.82, 2.24) is 10.6 Å². The molecular weight excluding hydrogens is 272 g/mol. The largest absolute Gasteiger partial charge is 0.357 e. The van der Waals surface area contributed by atoms with Gasteiger partial charge in [0.05, 0.1) is 0 Å². The second kappa shape index (κ2) is 8.99. The Hall–Kier alpha value is -2.00. The fraction of sp³-hybridized carbons (Fsp3) is 0.188. The second-order valence-electron chi connectivity index (χ2n) is 4.31. The lowest BCUT2D eigenvalue weighted by Gasteiger charge is -2.08. The molecule has 1 heterocycles. The predicted octanol–water partition coefficient (Wildman–Crippen LogP) is 2.71. The third kappa shape index (κ3) is 5.33. The maximum atomic E-state index is 11.9. The van der Waals surface area contributed by atoms with Crippen molar-refractivity contribution in [3.63, 3.8) is 0 Å². The number of hydrogen-bond acceptors (Lipinski definition) is 2. The van der Waals surface area contributed by atoms with E-state index < -0.39 is 0 Å². The molecule has 0 spiro atoms. The molecule has 0 bridgehead atoms. The lowest BCUT2D eigenvalue weighted by Crippen LogP contribution is -2.30. The zero-order chi connectivity index (χ0) is 13.3. The number of rotatable bonds is 5. The summed E-state index contributed by atoms with van der Waals surface area (Å²) in [5, 5.41) is 5.86.